The van der Waals surface area contributed by atoms with Crippen LogP contribution < -0.4 is 4.74 Å². The van der Waals surface area contributed by atoms with Crippen LogP contribution in [0, 0.1) is 0 Å². The highest BCUT2D eigenvalue weighted by Crippen LogP contribution is 2.52. The van der Waals surface area contributed by atoms with Crippen LogP contribution in [0.2, 0.25) is 5.02 Å². The second-order valence-electron chi connectivity index (χ2n) is 4.53. The van der Waals surface area contributed by atoms with Crippen LogP contribution in [0.25, 0.3) is 0 Å². The quantitative estimate of drug-likeness (QED) is 0.916. The van der Waals surface area contributed by atoms with Crippen molar-refractivity contribution in [2.24, 2.45) is 0 Å². The van der Waals surface area contributed by atoms with Crippen LogP contribution in [-0.4, -0.2) is 17.6 Å². The molecule has 0 radical (unpaired) electrons. The molecule has 18 heavy (non-hydrogen) atoms. The number of halogens is 4. The van der Waals surface area contributed by atoms with Gasteiger partial charge in [0.25, 0.3) is 0 Å². The minimum atomic E-state index is -4.76. The number of ether oxygens (including phenoxy) is 1. The summed E-state index contributed by atoms with van der Waals surface area (Å²) in [5.74, 6) is -0.422. The molecule has 1 aromatic carbocycles. The molecule has 1 aliphatic carbocycles. The molecular formula is C12H12ClF3O2. The zero-order valence-electron chi connectivity index (χ0n) is 9.59. The fourth-order valence-electron chi connectivity index (χ4n) is 2.10. The van der Waals surface area contributed by atoms with Gasteiger partial charge in [0.05, 0.1) is 11.1 Å². The summed E-state index contributed by atoms with van der Waals surface area (Å²) < 4.78 is 40.0. The van der Waals surface area contributed by atoms with Gasteiger partial charge in [-0.25, -0.2) is 0 Å². The Balaban J connectivity index is 2.26. The third kappa shape index (κ3) is 2.57. The summed E-state index contributed by atoms with van der Waals surface area (Å²) >= 11 is 5.77. The molecule has 0 bridgehead atoms. The molecule has 0 aliphatic heterocycles. The molecule has 0 heterocycles. The lowest BCUT2D eigenvalue weighted by atomic mass is 9.91. The van der Waals surface area contributed by atoms with Crippen LogP contribution in [0.5, 0.6) is 5.75 Å². The predicted molar refractivity (Wildman–Crippen MR) is 60.7 cm³/mol. The van der Waals surface area contributed by atoms with Gasteiger partial charge in [0.15, 0.2) is 0 Å². The van der Waals surface area contributed by atoms with Crippen molar-refractivity contribution in [3.8, 4) is 5.75 Å². The number of hydrogen-bond acceptors (Lipinski definition) is 2. The van der Waals surface area contributed by atoms with E-state index in [0.717, 1.165) is 18.4 Å². The fourth-order valence-corrected chi connectivity index (χ4v) is 2.32. The largest absolute Gasteiger partial charge is 0.573 e. The van der Waals surface area contributed by atoms with Crippen LogP contribution in [-0.2, 0) is 5.41 Å². The molecule has 0 amide bonds. The molecule has 0 spiro atoms. The van der Waals surface area contributed by atoms with E-state index in [2.05, 4.69) is 4.74 Å². The second-order valence-corrected chi connectivity index (χ2v) is 4.93. The lowest BCUT2D eigenvalue weighted by Crippen LogP contribution is -2.22. The van der Waals surface area contributed by atoms with Crippen molar-refractivity contribution >= 4 is 11.6 Å². The lowest BCUT2D eigenvalue weighted by Gasteiger charge is -2.20. The van der Waals surface area contributed by atoms with Crippen molar-refractivity contribution in [1.82, 2.24) is 0 Å². The molecule has 1 N–H and O–H groups in total. The van der Waals surface area contributed by atoms with Crippen LogP contribution in [0.3, 0.4) is 0 Å². The van der Waals surface area contributed by atoms with E-state index in [1.54, 1.807) is 6.92 Å². The summed E-state index contributed by atoms with van der Waals surface area (Å²) in [6, 6.07) is 4.14. The molecule has 6 heteroatoms. The molecule has 2 rings (SSSR count). The van der Waals surface area contributed by atoms with Gasteiger partial charge in [0, 0.05) is 5.41 Å². The topological polar surface area (TPSA) is 29.5 Å². The van der Waals surface area contributed by atoms with Gasteiger partial charge < -0.3 is 9.84 Å². The van der Waals surface area contributed by atoms with E-state index in [-0.39, 0.29) is 10.4 Å². The summed E-state index contributed by atoms with van der Waals surface area (Å²) in [5.41, 5.74) is 0.387. The Morgan fingerprint density at radius 2 is 2.00 bits per heavy atom. The number of benzene rings is 1. The van der Waals surface area contributed by atoms with Gasteiger partial charge in [0.1, 0.15) is 5.75 Å². The normalized spacial score (nSPS) is 19.4. The summed E-state index contributed by atoms with van der Waals surface area (Å²) in [7, 11) is 0. The van der Waals surface area contributed by atoms with Crippen LogP contribution >= 0.6 is 11.6 Å². The first-order valence-electron chi connectivity index (χ1n) is 5.48. The van der Waals surface area contributed by atoms with E-state index < -0.39 is 18.2 Å². The minimum Gasteiger partial charge on any atom is -0.404 e. The maximum absolute atomic E-state index is 12.1. The Morgan fingerprint density at radius 3 is 2.39 bits per heavy atom. The molecule has 1 aliphatic rings. The van der Waals surface area contributed by atoms with Gasteiger partial charge in [-0.05, 0) is 37.5 Å². The molecule has 0 saturated heterocycles. The standard InChI is InChI=1S/C12H12ClF3O2/c1-7(17)11(4-5-11)8-2-3-10(9(13)6-8)18-12(14,15)16/h2-3,6-7,17H,4-5H2,1H3. The van der Waals surface area contributed by atoms with Crippen molar-refractivity contribution < 1.29 is 23.0 Å². The molecule has 100 valence electrons. The van der Waals surface area contributed by atoms with Crippen LogP contribution in [0.15, 0.2) is 18.2 Å². The molecule has 1 atom stereocenters. The first kappa shape index (κ1) is 13.5. The third-order valence-electron chi connectivity index (χ3n) is 3.32. The van der Waals surface area contributed by atoms with Gasteiger partial charge in [-0.15, -0.1) is 13.2 Å². The summed E-state index contributed by atoms with van der Waals surface area (Å²) in [6.45, 7) is 1.67. The van der Waals surface area contributed by atoms with E-state index in [1.807, 2.05) is 0 Å². The number of alkyl halides is 3. The molecule has 0 aromatic heterocycles. The summed E-state index contributed by atoms with van der Waals surface area (Å²) in [4.78, 5) is 0. The Labute approximate surface area is 107 Å². The van der Waals surface area contributed by atoms with Crippen LogP contribution in [0.4, 0.5) is 13.2 Å². The van der Waals surface area contributed by atoms with E-state index >= 15 is 0 Å². The number of hydrogen-bond donors (Lipinski definition) is 1. The van der Waals surface area contributed by atoms with E-state index in [1.165, 1.54) is 18.2 Å². The SMILES string of the molecule is CC(O)C1(c2ccc(OC(F)(F)F)c(Cl)c2)CC1. The molecular weight excluding hydrogens is 269 g/mol. The summed E-state index contributed by atoms with van der Waals surface area (Å²) in [5, 5.41) is 9.59. The van der Waals surface area contributed by atoms with Gasteiger partial charge >= 0.3 is 6.36 Å². The molecule has 1 unspecified atom stereocenters. The molecule has 2 nitrogen and oxygen atoms in total. The first-order chi connectivity index (χ1) is 8.24. The zero-order chi connectivity index (χ0) is 13.6. The number of rotatable bonds is 3. The van der Waals surface area contributed by atoms with Gasteiger partial charge in [0.2, 0.25) is 0 Å². The van der Waals surface area contributed by atoms with Crippen LogP contribution in [0.1, 0.15) is 25.3 Å². The Bertz CT molecular complexity index is 453. The maximum atomic E-state index is 12.1. The number of aliphatic hydroxyl groups is 1. The van der Waals surface area contributed by atoms with E-state index in [9.17, 15) is 18.3 Å². The first-order valence-corrected chi connectivity index (χ1v) is 5.86. The third-order valence-corrected chi connectivity index (χ3v) is 3.62. The van der Waals surface area contributed by atoms with E-state index in [0.29, 0.717) is 0 Å². The average molecular weight is 281 g/mol. The van der Waals surface area contributed by atoms with Crippen molar-refractivity contribution in [2.45, 2.75) is 37.6 Å². The van der Waals surface area contributed by atoms with Crippen molar-refractivity contribution in [3.63, 3.8) is 0 Å². The van der Waals surface area contributed by atoms with Gasteiger partial charge in [-0.1, -0.05) is 17.7 Å². The fraction of sp³-hybridized carbons (Fsp3) is 0.500. The predicted octanol–water partition coefficient (Wildman–Crippen LogP) is 3.65. The van der Waals surface area contributed by atoms with E-state index in [4.69, 9.17) is 11.6 Å². The zero-order valence-corrected chi connectivity index (χ0v) is 10.3. The Morgan fingerprint density at radius 1 is 1.39 bits per heavy atom. The average Bonchev–Trinajstić information content (AvgIpc) is 3.00. The summed E-state index contributed by atoms with van der Waals surface area (Å²) in [6.07, 6.45) is -3.70. The molecule has 1 saturated carbocycles. The number of aliphatic hydroxyl groups excluding tert-OH is 1. The monoisotopic (exact) mass is 280 g/mol. The Kier molecular flexibility index (Phi) is 3.23. The van der Waals surface area contributed by atoms with Gasteiger partial charge in [-0.3, -0.25) is 0 Å². The highest BCUT2D eigenvalue weighted by molar-refractivity contribution is 6.32. The highest BCUT2D eigenvalue weighted by atomic mass is 35.5. The smallest absolute Gasteiger partial charge is 0.404 e. The molecule has 1 fully saturated rings. The van der Waals surface area contributed by atoms with Crippen molar-refractivity contribution in [1.29, 1.82) is 0 Å². The lowest BCUT2D eigenvalue weighted by molar-refractivity contribution is -0.274. The minimum absolute atomic E-state index is 0.100. The maximum Gasteiger partial charge on any atom is 0.573 e. The Hall–Kier alpha value is -0.940. The van der Waals surface area contributed by atoms with Gasteiger partial charge in [-0.2, -0.15) is 0 Å². The van der Waals surface area contributed by atoms with Crippen molar-refractivity contribution in [3.05, 3.63) is 28.8 Å². The van der Waals surface area contributed by atoms with Crippen molar-refractivity contribution in [2.75, 3.05) is 0 Å². The second kappa shape index (κ2) is 4.31. The molecule has 1 aromatic rings. The highest BCUT2D eigenvalue weighted by Gasteiger charge is 2.48.